The van der Waals surface area contributed by atoms with Crippen LogP contribution in [0.5, 0.6) is 0 Å². The number of hydrogen-bond acceptors (Lipinski definition) is 4. The van der Waals surface area contributed by atoms with E-state index in [0.717, 1.165) is 14.2 Å². The first-order valence-electron chi connectivity index (χ1n) is 2.46. The van der Waals surface area contributed by atoms with E-state index < -0.39 is 12.1 Å². The third-order valence-electron chi connectivity index (χ3n) is 0. The lowest BCUT2D eigenvalue weighted by atomic mass is 11.2. The van der Waals surface area contributed by atoms with Crippen LogP contribution < -0.4 is 22.9 Å². The van der Waals surface area contributed by atoms with Gasteiger partial charge in [-0.2, -0.15) is 0 Å². The molecule has 0 unspecified atom stereocenters. The lowest BCUT2D eigenvalue weighted by Crippen LogP contribution is -2.18. The van der Waals surface area contributed by atoms with Crippen molar-refractivity contribution in [3.05, 3.63) is 0 Å². The summed E-state index contributed by atoms with van der Waals surface area (Å²) in [6, 6.07) is -1.67. The minimum absolute atomic E-state index is 0.833. The van der Waals surface area contributed by atoms with Gasteiger partial charge in [-0.15, -0.1) is 0 Å². The lowest BCUT2D eigenvalue weighted by molar-refractivity contribution is 0.255. The molecule has 0 aromatic carbocycles. The Labute approximate surface area is 70.1 Å². The lowest BCUT2D eigenvalue weighted by Gasteiger charge is -1.62. The van der Waals surface area contributed by atoms with Crippen LogP contribution in [0.3, 0.4) is 0 Å². The first-order chi connectivity index (χ1) is 5.46. The average Bonchev–Trinajstić information content (AvgIpc) is 1.93. The molecule has 0 aromatic rings. The number of nitrogens with two attached hydrogens (primary N) is 4. The fraction of sp³-hybridized carbons (Fsp3) is 0.500. The summed E-state index contributed by atoms with van der Waals surface area (Å²) >= 11 is 0. The van der Waals surface area contributed by atoms with E-state index in [2.05, 4.69) is 22.9 Å². The summed E-state index contributed by atoms with van der Waals surface area (Å²) in [5, 5.41) is 14.0. The van der Waals surface area contributed by atoms with Gasteiger partial charge in [0.15, 0.2) is 0 Å². The van der Waals surface area contributed by atoms with Crippen molar-refractivity contribution in [2.24, 2.45) is 22.9 Å². The zero-order valence-corrected chi connectivity index (χ0v) is 7.02. The van der Waals surface area contributed by atoms with Crippen molar-refractivity contribution in [2.45, 2.75) is 0 Å². The molecule has 0 aliphatic heterocycles. The molecule has 0 saturated heterocycles. The van der Waals surface area contributed by atoms with E-state index in [-0.39, 0.29) is 0 Å². The molecule has 8 heteroatoms. The first-order valence-corrected chi connectivity index (χ1v) is 2.46. The second-order valence-corrected chi connectivity index (χ2v) is 0.805. The average molecular weight is 184 g/mol. The summed E-state index contributed by atoms with van der Waals surface area (Å²) in [7, 11) is 2.00. The van der Waals surface area contributed by atoms with Gasteiger partial charge in [-0.3, -0.25) is 0 Å². The Kier molecular flexibility index (Phi) is 63.6. The fourth-order valence-corrected chi connectivity index (χ4v) is 0. The molecule has 4 amide bonds. The molecule has 0 radical (unpaired) electrons. The van der Waals surface area contributed by atoms with Gasteiger partial charge in [-0.1, -0.05) is 0 Å². The molecule has 0 aromatic heterocycles. The highest BCUT2D eigenvalue weighted by Crippen LogP contribution is 1.26. The van der Waals surface area contributed by atoms with Crippen LogP contribution in [0.2, 0.25) is 0 Å². The molecule has 0 saturated carbocycles. The maximum atomic E-state index is 9.00. The number of aliphatic hydroxyl groups excluding tert-OH is 2. The molecule has 0 aliphatic rings. The van der Waals surface area contributed by atoms with Gasteiger partial charge in [0, 0.05) is 14.2 Å². The van der Waals surface area contributed by atoms with Gasteiger partial charge in [-0.25, -0.2) is 9.59 Å². The molecule has 0 atom stereocenters. The first kappa shape index (κ1) is 22.4. The molecule has 12 heavy (non-hydrogen) atoms. The summed E-state index contributed by atoms with van der Waals surface area (Å²) in [6.45, 7) is 0. The van der Waals surface area contributed by atoms with Crippen molar-refractivity contribution in [1.29, 1.82) is 0 Å². The predicted octanol–water partition coefficient (Wildman–Crippen LogP) is -2.74. The maximum absolute atomic E-state index is 9.00. The third kappa shape index (κ3) is 199. The largest absolute Gasteiger partial charge is 0.400 e. The highest BCUT2D eigenvalue weighted by Gasteiger charge is 1.61. The second-order valence-electron chi connectivity index (χ2n) is 0.805. The Morgan fingerprint density at radius 3 is 0.750 bits per heavy atom. The van der Waals surface area contributed by atoms with E-state index in [1.165, 1.54) is 0 Å². The molecule has 8 nitrogen and oxygen atoms in total. The quantitative estimate of drug-likeness (QED) is 0.239. The van der Waals surface area contributed by atoms with E-state index in [0.29, 0.717) is 0 Å². The molecule has 0 bridgehead atoms. The Bertz CT molecular complexity index is 77.1. The van der Waals surface area contributed by atoms with Crippen molar-refractivity contribution >= 4 is 12.1 Å². The standard InChI is InChI=1S/2CH4N2O.2CH4O/c2*2-1(3)4;2*1-2/h2*(H4,2,3,4);2*2H,1H3. The van der Waals surface area contributed by atoms with Crippen LogP contribution in [-0.2, 0) is 0 Å². The van der Waals surface area contributed by atoms with Crippen LogP contribution in [0, 0.1) is 0 Å². The van der Waals surface area contributed by atoms with Gasteiger partial charge in [0.1, 0.15) is 0 Å². The van der Waals surface area contributed by atoms with Crippen LogP contribution in [0.4, 0.5) is 9.59 Å². The molecule has 10 N–H and O–H groups in total. The van der Waals surface area contributed by atoms with Gasteiger partial charge >= 0.3 is 12.1 Å². The molecular formula is C4H16N4O4. The molecule has 0 rings (SSSR count). The molecule has 0 heterocycles. The molecule has 0 fully saturated rings. The highest BCUT2D eigenvalue weighted by atomic mass is 16.2. The van der Waals surface area contributed by atoms with Gasteiger partial charge < -0.3 is 33.1 Å². The van der Waals surface area contributed by atoms with Gasteiger partial charge in [0.05, 0.1) is 0 Å². The summed E-state index contributed by atoms with van der Waals surface area (Å²) in [5.74, 6) is 0. The zero-order valence-electron chi connectivity index (χ0n) is 7.02. The van der Waals surface area contributed by atoms with Gasteiger partial charge in [-0.05, 0) is 0 Å². The monoisotopic (exact) mass is 184 g/mol. The summed E-state index contributed by atoms with van der Waals surface area (Å²) < 4.78 is 0. The van der Waals surface area contributed by atoms with Crippen LogP contribution in [0.1, 0.15) is 0 Å². The van der Waals surface area contributed by atoms with E-state index in [1.54, 1.807) is 0 Å². The molecule has 76 valence electrons. The Balaban J connectivity index is -0.0000000380. The number of amides is 4. The zero-order chi connectivity index (χ0) is 11.2. The number of carbonyl (C=O) groups is 2. The highest BCUT2D eigenvalue weighted by molar-refractivity contribution is 5.69. The van der Waals surface area contributed by atoms with Crippen molar-refractivity contribution in [3.63, 3.8) is 0 Å². The Hall–Kier alpha value is -1.54. The summed E-state index contributed by atoms with van der Waals surface area (Å²) in [6.07, 6.45) is 0. The number of hydrogen-bond donors (Lipinski definition) is 6. The van der Waals surface area contributed by atoms with E-state index >= 15 is 0 Å². The van der Waals surface area contributed by atoms with Gasteiger partial charge in [0.2, 0.25) is 0 Å². The summed E-state index contributed by atoms with van der Waals surface area (Å²) in [5.41, 5.74) is 17.0. The summed E-state index contributed by atoms with van der Waals surface area (Å²) in [4.78, 5) is 18.0. The minimum Gasteiger partial charge on any atom is -0.400 e. The number of rotatable bonds is 0. The molecule has 0 spiro atoms. The van der Waals surface area contributed by atoms with E-state index in [1.807, 2.05) is 0 Å². The van der Waals surface area contributed by atoms with Gasteiger partial charge in [0.25, 0.3) is 0 Å². The molecule has 0 aliphatic carbocycles. The SMILES string of the molecule is CO.CO.NC(N)=O.NC(N)=O. The minimum atomic E-state index is -0.833. The number of carbonyl (C=O) groups excluding carboxylic acids is 2. The van der Waals surface area contributed by atoms with Crippen LogP contribution in [-0.4, -0.2) is 36.5 Å². The number of aliphatic hydroxyl groups is 2. The third-order valence-corrected chi connectivity index (χ3v) is 0. The molecular weight excluding hydrogens is 168 g/mol. The topological polar surface area (TPSA) is 179 Å². The predicted molar refractivity (Wildman–Crippen MR) is 43.8 cm³/mol. The number of primary amides is 4. The van der Waals surface area contributed by atoms with Crippen molar-refractivity contribution < 1.29 is 19.8 Å². The maximum Gasteiger partial charge on any atom is 0.309 e. The van der Waals surface area contributed by atoms with Crippen molar-refractivity contribution in [1.82, 2.24) is 0 Å². The normalized spacial score (nSPS) is 5.00. The van der Waals surface area contributed by atoms with Crippen LogP contribution in [0.25, 0.3) is 0 Å². The fourth-order valence-electron chi connectivity index (χ4n) is 0. The van der Waals surface area contributed by atoms with E-state index in [4.69, 9.17) is 19.8 Å². The van der Waals surface area contributed by atoms with Crippen LogP contribution >= 0.6 is 0 Å². The second kappa shape index (κ2) is 34.0. The van der Waals surface area contributed by atoms with Crippen molar-refractivity contribution in [2.75, 3.05) is 14.2 Å². The Morgan fingerprint density at radius 1 is 0.750 bits per heavy atom. The van der Waals surface area contributed by atoms with E-state index in [9.17, 15) is 0 Å². The van der Waals surface area contributed by atoms with Crippen LogP contribution in [0.15, 0.2) is 0 Å². The number of urea groups is 2. The Morgan fingerprint density at radius 2 is 0.750 bits per heavy atom. The van der Waals surface area contributed by atoms with Crippen molar-refractivity contribution in [3.8, 4) is 0 Å². The smallest absolute Gasteiger partial charge is 0.309 e.